The van der Waals surface area contributed by atoms with Crippen molar-refractivity contribution in [2.45, 2.75) is 26.3 Å². The van der Waals surface area contributed by atoms with Crippen LogP contribution in [0.1, 0.15) is 30.1 Å². The van der Waals surface area contributed by atoms with Gasteiger partial charge in [0.1, 0.15) is 4.83 Å². The highest BCUT2D eigenvalue weighted by atomic mass is 32.1. The van der Waals surface area contributed by atoms with Crippen molar-refractivity contribution in [3.05, 3.63) is 27.6 Å². The number of methoxy groups -OCH3 is 1. The van der Waals surface area contributed by atoms with Crippen LogP contribution >= 0.6 is 11.3 Å². The van der Waals surface area contributed by atoms with Crippen LogP contribution in [0, 0.1) is 0 Å². The van der Waals surface area contributed by atoms with Crippen molar-refractivity contribution >= 4 is 33.5 Å². The van der Waals surface area contributed by atoms with E-state index in [1.807, 2.05) is 0 Å². The third kappa shape index (κ3) is 3.33. The molecule has 0 fully saturated rings. The Labute approximate surface area is 130 Å². The maximum Gasteiger partial charge on any atom is 0.339 e. The monoisotopic (exact) mass is 324 g/mol. The molecule has 22 heavy (non-hydrogen) atoms. The van der Waals surface area contributed by atoms with Crippen LogP contribution in [0.15, 0.2) is 16.5 Å². The molecule has 0 unspecified atom stereocenters. The molecular weight excluding hydrogens is 308 g/mol. The number of hydrogen-bond donors (Lipinski definition) is 0. The van der Waals surface area contributed by atoms with Crippen molar-refractivity contribution in [2.75, 3.05) is 13.7 Å². The topological polar surface area (TPSA) is 87.5 Å². The molecule has 2 aromatic rings. The number of thiophene rings is 1. The number of carbonyl (C=O) groups excluding carboxylic acids is 2. The smallest absolute Gasteiger partial charge is 0.339 e. The number of esters is 2. The average Bonchev–Trinajstić information content (AvgIpc) is 2.94. The zero-order chi connectivity index (χ0) is 16.1. The molecule has 8 heteroatoms. The maximum atomic E-state index is 12.5. The Balaban J connectivity index is 2.28. The molecule has 0 aliphatic heterocycles. The largest absolute Gasteiger partial charge is 0.469 e. The molecule has 0 saturated heterocycles. The first-order valence-corrected chi connectivity index (χ1v) is 7.67. The lowest BCUT2D eigenvalue weighted by Crippen LogP contribution is -2.22. The summed E-state index contributed by atoms with van der Waals surface area (Å²) >= 11 is 1.22. The first-order chi connectivity index (χ1) is 10.6. The highest BCUT2D eigenvalue weighted by Gasteiger charge is 2.18. The zero-order valence-corrected chi connectivity index (χ0v) is 13.1. The summed E-state index contributed by atoms with van der Waals surface area (Å²) in [6.07, 6.45) is 2.10. The number of fused-ring (bicyclic) bond motifs is 1. The Morgan fingerprint density at radius 3 is 2.86 bits per heavy atom. The minimum atomic E-state index is -0.528. The number of ether oxygens (including phenoxy) is 2. The lowest BCUT2D eigenvalue weighted by molar-refractivity contribution is -0.140. The quantitative estimate of drug-likeness (QED) is 0.750. The third-order valence-electron chi connectivity index (χ3n) is 3.06. The fourth-order valence-electron chi connectivity index (χ4n) is 1.98. The van der Waals surface area contributed by atoms with E-state index in [0.717, 1.165) is 0 Å². The summed E-state index contributed by atoms with van der Waals surface area (Å²) in [6.45, 7) is 2.27. The van der Waals surface area contributed by atoms with Gasteiger partial charge in [0.2, 0.25) is 0 Å². The number of rotatable bonds is 6. The molecule has 0 aliphatic carbocycles. The van der Waals surface area contributed by atoms with Crippen molar-refractivity contribution in [2.24, 2.45) is 0 Å². The van der Waals surface area contributed by atoms with Crippen molar-refractivity contribution in [1.29, 1.82) is 0 Å². The molecule has 0 saturated carbocycles. The number of aryl methyl sites for hydroxylation is 1. The molecule has 0 bridgehead atoms. The van der Waals surface area contributed by atoms with Crippen molar-refractivity contribution < 1.29 is 19.1 Å². The summed E-state index contributed by atoms with van der Waals surface area (Å²) in [5.41, 5.74) is -0.0687. The van der Waals surface area contributed by atoms with Gasteiger partial charge < -0.3 is 9.47 Å². The van der Waals surface area contributed by atoms with E-state index in [-0.39, 0.29) is 35.5 Å². The molecule has 0 N–H and O–H groups in total. The fourth-order valence-corrected chi connectivity index (χ4v) is 2.85. The number of hydrogen-bond acceptors (Lipinski definition) is 7. The summed E-state index contributed by atoms with van der Waals surface area (Å²) in [6, 6.07) is 0. The van der Waals surface area contributed by atoms with Gasteiger partial charge in [-0.05, 0) is 13.3 Å². The molecule has 0 aliphatic rings. The Hall–Kier alpha value is -2.22. The molecule has 0 spiro atoms. The van der Waals surface area contributed by atoms with E-state index in [1.54, 1.807) is 12.3 Å². The molecular formula is C14H16N2O5S. The normalized spacial score (nSPS) is 10.6. The van der Waals surface area contributed by atoms with E-state index in [9.17, 15) is 14.4 Å². The Kier molecular flexibility index (Phi) is 5.26. The third-order valence-corrected chi connectivity index (χ3v) is 3.95. The van der Waals surface area contributed by atoms with Crippen LogP contribution < -0.4 is 5.56 Å². The second kappa shape index (κ2) is 7.17. The van der Waals surface area contributed by atoms with Gasteiger partial charge in [-0.1, -0.05) is 0 Å². The van der Waals surface area contributed by atoms with E-state index in [2.05, 4.69) is 9.72 Å². The van der Waals surface area contributed by atoms with E-state index in [4.69, 9.17) is 4.74 Å². The van der Waals surface area contributed by atoms with Gasteiger partial charge >= 0.3 is 11.9 Å². The van der Waals surface area contributed by atoms with Gasteiger partial charge in [-0.25, -0.2) is 9.78 Å². The Morgan fingerprint density at radius 2 is 2.18 bits per heavy atom. The number of carbonyl (C=O) groups is 2. The van der Waals surface area contributed by atoms with Crippen molar-refractivity contribution in [1.82, 2.24) is 9.55 Å². The fraction of sp³-hybridized carbons (Fsp3) is 0.429. The van der Waals surface area contributed by atoms with Crippen LogP contribution in [0.4, 0.5) is 0 Å². The van der Waals surface area contributed by atoms with E-state index in [1.165, 1.54) is 29.3 Å². The van der Waals surface area contributed by atoms with Crippen LogP contribution in [0.2, 0.25) is 0 Å². The summed E-state index contributed by atoms with van der Waals surface area (Å²) in [4.78, 5) is 40.1. The summed E-state index contributed by atoms with van der Waals surface area (Å²) < 4.78 is 10.9. The Bertz CT molecular complexity index is 749. The first kappa shape index (κ1) is 16.2. The van der Waals surface area contributed by atoms with E-state index in [0.29, 0.717) is 17.8 Å². The van der Waals surface area contributed by atoms with Gasteiger partial charge in [-0.15, -0.1) is 11.3 Å². The predicted octanol–water partition coefficient (Wildman–Crippen LogP) is 1.59. The molecule has 2 heterocycles. The molecule has 2 aromatic heterocycles. The standard InChI is InChI=1S/C14H16N2O5S/c1-3-21-14(19)9-7-22-12-11(9)13(18)16(8-15-12)6-4-5-10(17)20-2/h7-8H,3-6H2,1-2H3. The summed E-state index contributed by atoms with van der Waals surface area (Å²) in [7, 11) is 1.32. The van der Waals surface area contributed by atoms with Crippen LogP contribution in [0.5, 0.6) is 0 Å². The molecule has 0 atom stereocenters. The molecule has 118 valence electrons. The lowest BCUT2D eigenvalue weighted by atomic mass is 10.2. The number of aromatic nitrogens is 2. The molecule has 0 aromatic carbocycles. The van der Waals surface area contributed by atoms with Gasteiger partial charge in [-0.3, -0.25) is 14.2 Å². The van der Waals surface area contributed by atoms with E-state index >= 15 is 0 Å². The van der Waals surface area contributed by atoms with Gasteiger partial charge in [-0.2, -0.15) is 0 Å². The van der Waals surface area contributed by atoms with Crippen molar-refractivity contribution in [3.63, 3.8) is 0 Å². The Morgan fingerprint density at radius 1 is 1.41 bits per heavy atom. The summed E-state index contributed by atoms with van der Waals surface area (Å²) in [5.74, 6) is -0.857. The van der Waals surface area contributed by atoms with Crippen molar-refractivity contribution in [3.8, 4) is 0 Å². The maximum absolute atomic E-state index is 12.5. The molecule has 2 rings (SSSR count). The lowest BCUT2D eigenvalue weighted by Gasteiger charge is -2.05. The molecule has 0 radical (unpaired) electrons. The van der Waals surface area contributed by atoms with Crippen LogP contribution in [0.25, 0.3) is 10.2 Å². The minimum Gasteiger partial charge on any atom is -0.469 e. The van der Waals surface area contributed by atoms with Crippen LogP contribution in [-0.2, 0) is 20.8 Å². The molecule has 7 nitrogen and oxygen atoms in total. The minimum absolute atomic E-state index is 0.218. The molecule has 0 amide bonds. The SMILES string of the molecule is CCOC(=O)c1csc2ncn(CCCC(=O)OC)c(=O)c12. The highest BCUT2D eigenvalue weighted by Crippen LogP contribution is 2.21. The van der Waals surface area contributed by atoms with Gasteiger partial charge in [0, 0.05) is 18.3 Å². The second-order valence-electron chi connectivity index (χ2n) is 4.47. The highest BCUT2D eigenvalue weighted by molar-refractivity contribution is 7.17. The van der Waals surface area contributed by atoms with Crippen LogP contribution in [-0.4, -0.2) is 35.2 Å². The van der Waals surface area contributed by atoms with E-state index < -0.39 is 5.97 Å². The van der Waals surface area contributed by atoms with Gasteiger partial charge in [0.15, 0.2) is 0 Å². The first-order valence-electron chi connectivity index (χ1n) is 6.79. The van der Waals surface area contributed by atoms with Gasteiger partial charge in [0.25, 0.3) is 5.56 Å². The second-order valence-corrected chi connectivity index (χ2v) is 5.33. The van der Waals surface area contributed by atoms with Crippen LogP contribution in [0.3, 0.4) is 0 Å². The predicted molar refractivity (Wildman–Crippen MR) is 81.1 cm³/mol. The summed E-state index contributed by atoms with van der Waals surface area (Å²) in [5, 5.41) is 1.85. The average molecular weight is 324 g/mol. The van der Waals surface area contributed by atoms with Gasteiger partial charge in [0.05, 0.1) is 31.0 Å². The number of nitrogens with zero attached hydrogens (tertiary/aromatic N) is 2. The zero-order valence-electron chi connectivity index (χ0n) is 12.3.